The molecule has 1 heterocycles. The van der Waals surface area contributed by atoms with Crippen molar-refractivity contribution in [2.45, 2.75) is 6.54 Å². The molecule has 1 aromatic heterocycles. The number of halogens is 1. The fourth-order valence-electron chi connectivity index (χ4n) is 2.46. The van der Waals surface area contributed by atoms with Gasteiger partial charge in [-0.2, -0.15) is 0 Å². The number of carbonyl (C=O) groups is 1. The van der Waals surface area contributed by atoms with Crippen LogP contribution in [0.15, 0.2) is 79.0 Å². The molecular formula is C20H17FN2O. The molecule has 0 saturated heterocycles. The second-order valence-corrected chi connectivity index (χ2v) is 5.46. The third-order valence-corrected chi connectivity index (χ3v) is 3.69. The van der Waals surface area contributed by atoms with E-state index in [1.165, 1.54) is 12.1 Å². The first-order valence-electron chi connectivity index (χ1n) is 7.71. The van der Waals surface area contributed by atoms with Gasteiger partial charge in [0.2, 0.25) is 0 Å². The zero-order chi connectivity index (χ0) is 16.8. The highest BCUT2D eigenvalue weighted by atomic mass is 19.1. The van der Waals surface area contributed by atoms with Crippen LogP contribution < -0.4 is 4.90 Å². The Bertz CT molecular complexity index is 789. The van der Waals surface area contributed by atoms with Crippen molar-refractivity contribution in [3.05, 3.63) is 95.9 Å². The van der Waals surface area contributed by atoms with E-state index in [1.54, 1.807) is 30.5 Å². The molecule has 2 aromatic carbocycles. The molecule has 3 aromatic rings. The van der Waals surface area contributed by atoms with E-state index in [-0.39, 0.29) is 18.1 Å². The minimum atomic E-state index is -0.275. The lowest BCUT2D eigenvalue weighted by molar-refractivity contribution is 0.0998. The smallest absolute Gasteiger partial charge is 0.182 e. The standard InChI is InChI=1S/C20H17FN2O/c21-18-11-9-16(10-12-18)14-23(20-8-4-5-13-22-20)15-19(24)17-6-2-1-3-7-17/h1-13H,14-15H2. The molecule has 0 saturated carbocycles. The summed E-state index contributed by atoms with van der Waals surface area (Å²) in [5.41, 5.74) is 1.58. The van der Waals surface area contributed by atoms with Gasteiger partial charge in [-0.1, -0.05) is 48.5 Å². The van der Waals surface area contributed by atoms with Crippen LogP contribution in [0.1, 0.15) is 15.9 Å². The summed E-state index contributed by atoms with van der Waals surface area (Å²) in [6.45, 7) is 0.689. The van der Waals surface area contributed by atoms with Gasteiger partial charge < -0.3 is 4.90 Å². The zero-order valence-corrected chi connectivity index (χ0v) is 13.1. The normalized spacial score (nSPS) is 10.4. The van der Waals surface area contributed by atoms with E-state index in [0.717, 1.165) is 5.56 Å². The Labute approximate surface area is 140 Å². The quantitative estimate of drug-likeness (QED) is 0.641. The van der Waals surface area contributed by atoms with Crippen molar-refractivity contribution >= 4 is 11.6 Å². The summed E-state index contributed by atoms with van der Waals surface area (Å²) in [5, 5.41) is 0. The summed E-state index contributed by atoms with van der Waals surface area (Å²) in [7, 11) is 0. The Morgan fingerprint density at radius 3 is 2.29 bits per heavy atom. The van der Waals surface area contributed by atoms with Crippen LogP contribution in [0.25, 0.3) is 0 Å². The number of nitrogens with zero attached hydrogens (tertiary/aromatic N) is 2. The van der Waals surface area contributed by atoms with Crippen molar-refractivity contribution in [2.75, 3.05) is 11.4 Å². The predicted molar refractivity (Wildman–Crippen MR) is 92.5 cm³/mol. The number of aromatic nitrogens is 1. The molecule has 24 heavy (non-hydrogen) atoms. The lowest BCUT2D eigenvalue weighted by Gasteiger charge is -2.23. The average Bonchev–Trinajstić information content (AvgIpc) is 2.64. The number of ketones is 1. The molecule has 0 aliphatic heterocycles. The summed E-state index contributed by atoms with van der Waals surface area (Å²) in [6, 6.07) is 21.0. The van der Waals surface area contributed by atoms with Gasteiger partial charge in [0.25, 0.3) is 0 Å². The lowest BCUT2D eigenvalue weighted by atomic mass is 10.1. The second kappa shape index (κ2) is 7.51. The Morgan fingerprint density at radius 2 is 1.62 bits per heavy atom. The van der Waals surface area contributed by atoms with Gasteiger partial charge in [0.15, 0.2) is 5.78 Å². The van der Waals surface area contributed by atoms with Gasteiger partial charge >= 0.3 is 0 Å². The fourth-order valence-corrected chi connectivity index (χ4v) is 2.46. The Kier molecular flexibility index (Phi) is 4.96. The molecule has 0 spiro atoms. The van der Waals surface area contributed by atoms with Crippen LogP contribution in [0.5, 0.6) is 0 Å². The number of benzene rings is 2. The molecule has 0 aliphatic carbocycles. The molecule has 0 unspecified atom stereocenters. The topological polar surface area (TPSA) is 33.2 Å². The van der Waals surface area contributed by atoms with E-state index in [2.05, 4.69) is 4.98 Å². The zero-order valence-electron chi connectivity index (χ0n) is 13.1. The van der Waals surface area contributed by atoms with Crippen molar-refractivity contribution < 1.29 is 9.18 Å². The monoisotopic (exact) mass is 320 g/mol. The predicted octanol–water partition coefficient (Wildman–Crippen LogP) is 4.11. The molecule has 0 radical (unpaired) electrons. The van der Waals surface area contributed by atoms with Gasteiger partial charge in [-0.15, -0.1) is 0 Å². The first kappa shape index (κ1) is 15.9. The molecule has 3 rings (SSSR count). The molecule has 0 amide bonds. The molecule has 0 atom stereocenters. The van der Waals surface area contributed by atoms with Crippen molar-refractivity contribution in [1.29, 1.82) is 0 Å². The Balaban J connectivity index is 1.82. The highest BCUT2D eigenvalue weighted by molar-refractivity contribution is 5.99. The highest BCUT2D eigenvalue weighted by Crippen LogP contribution is 2.15. The van der Waals surface area contributed by atoms with E-state index in [9.17, 15) is 9.18 Å². The van der Waals surface area contributed by atoms with E-state index in [0.29, 0.717) is 17.9 Å². The van der Waals surface area contributed by atoms with Crippen molar-refractivity contribution in [2.24, 2.45) is 0 Å². The van der Waals surface area contributed by atoms with Crippen LogP contribution in [0, 0.1) is 5.82 Å². The summed E-state index contributed by atoms with van der Waals surface area (Å²) in [6.07, 6.45) is 1.69. The number of hydrogen-bond acceptors (Lipinski definition) is 3. The molecule has 0 aliphatic rings. The maximum absolute atomic E-state index is 13.1. The summed E-state index contributed by atoms with van der Waals surface area (Å²) < 4.78 is 13.1. The van der Waals surface area contributed by atoms with Crippen molar-refractivity contribution in [3.8, 4) is 0 Å². The number of carbonyl (C=O) groups excluding carboxylic acids is 1. The molecular weight excluding hydrogens is 303 g/mol. The van der Waals surface area contributed by atoms with Crippen molar-refractivity contribution in [1.82, 2.24) is 4.98 Å². The minimum absolute atomic E-state index is 0.0170. The second-order valence-electron chi connectivity index (χ2n) is 5.46. The van der Waals surface area contributed by atoms with Gasteiger partial charge in [0, 0.05) is 18.3 Å². The van der Waals surface area contributed by atoms with E-state index in [4.69, 9.17) is 0 Å². The van der Waals surface area contributed by atoms with Gasteiger partial charge in [0.1, 0.15) is 11.6 Å². The van der Waals surface area contributed by atoms with Gasteiger partial charge in [-0.05, 0) is 29.8 Å². The van der Waals surface area contributed by atoms with Gasteiger partial charge in [0.05, 0.1) is 6.54 Å². The molecule has 4 heteroatoms. The first-order chi connectivity index (χ1) is 11.7. The molecule has 0 fully saturated rings. The van der Waals surface area contributed by atoms with Crippen molar-refractivity contribution in [3.63, 3.8) is 0 Å². The number of rotatable bonds is 6. The summed E-state index contributed by atoms with van der Waals surface area (Å²) in [4.78, 5) is 18.8. The Morgan fingerprint density at radius 1 is 0.917 bits per heavy atom. The van der Waals surface area contributed by atoms with Crippen LogP contribution in [0.3, 0.4) is 0 Å². The molecule has 120 valence electrons. The highest BCUT2D eigenvalue weighted by Gasteiger charge is 2.14. The van der Waals surface area contributed by atoms with Crippen LogP contribution in [0.2, 0.25) is 0 Å². The van der Waals surface area contributed by atoms with Gasteiger partial charge in [-0.3, -0.25) is 4.79 Å². The van der Waals surface area contributed by atoms with Crippen LogP contribution in [0.4, 0.5) is 10.2 Å². The number of Topliss-reactive ketones (excluding diaryl/α,β-unsaturated/α-hetero) is 1. The minimum Gasteiger partial charge on any atom is -0.345 e. The summed E-state index contributed by atoms with van der Waals surface area (Å²) >= 11 is 0. The molecule has 0 N–H and O–H groups in total. The maximum atomic E-state index is 13.1. The van der Waals surface area contributed by atoms with Crippen LogP contribution in [-0.2, 0) is 6.54 Å². The lowest BCUT2D eigenvalue weighted by Crippen LogP contribution is -2.30. The van der Waals surface area contributed by atoms with Gasteiger partial charge in [-0.25, -0.2) is 9.37 Å². The molecule has 0 bridgehead atoms. The number of anilines is 1. The SMILES string of the molecule is O=C(CN(Cc1ccc(F)cc1)c1ccccn1)c1ccccc1. The van der Waals surface area contributed by atoms with Crippen LogP contribution in [-0.4, -0.2) is 17.3 Å². The van der Waals surface area contributed by atoms with E-state index in [1.807, 2.05) is 41.3 Å². The van der Waals surface area contributed by atoms with E-state index >= 15 is 0 Å². The fraction of sp³-hybridized carbons (Fsp3) is 0.100. The average molecular weight is 320 g/mol. The molecule has 3 nitrogen and oxygen atoms in total. The maximum Gasteiger partial charge on any atom is 0.182 e. The largest absolute Gasteiger partial charge is 0.345 e. The summed E-state index contributed by atoms with van der Waals surface area (Å²) in [5.74, 6) is 0.456. The first-order valence-corrected chi connectivity index (χ1v) is 7.71. The van der Waals surface area contributed by atoms with E-state index < -0.39 is 0 Å². The third-order valence-electron chi connectivity index (χ3n) is 3.69. The number of hydrogen-bond donors (Lipinski definition) is 0. The number of pyridine rings is 1. The third kappa shape index (κ3) is 4.04. The Hall–Kier alpha value is -3.01. The van der Waals surface area contributed by atoms with Crippen LogP contribution >= 0.6 is 0 Å².